The Morgan fingerprint density at radius 2 is 1.79 bits per heavy atom. The molecule has 224 valence electrons. The third kappa shape index (κ3) is 7.79. The van der Waals surface area contributed by atoms with Gasteiger partial charge in [0.15, 0.2) is 5.78 Å². The Bertz CT molecular complexity index is 1330. The molecule has 2 aromatic carbocycles. The normalized spacial score (nSPS) is 16.7. The first kappa shape index (κ1) is 30.8. The van der Waals surface area contributed by atoms with Crippen LogP contribution in [0.1, 0.15) is 36.5 Å². The Balaban J connectivity index is 1.24. The predicted octanol–water partition coefficient (Wildman–Crippen LogP) is 2.69. The van der Waals surface area contributed by atoms with Gasteiger partial charge in [-0.1, -0.05) is 19.1 Å². The second kappa shape index (κ2) is 14.2. The molecule has 13 heteroatoms. The van der Waals surface area contributed by atoms with Gasteiger partial charge >= 0.3 is 6.09 Å². The zero-order chi connectivity index (χ0) is 30.2. The number of nitrogens with two attached hydrogens (primary N) is 1. The second-order valence-electron chi connectivity index (χ2n) is 10.0. The molecule has 1 atom stereocenters. The standard InChI is InChI=1S/C29H35FN6O5S/c1-2-27(42)32-17-22-18-36(29(40)41-22)21-7-8-24(23(30)15-21)34-11-13-35(14-12-34)28(39)10-9-25(37)19-3-5-20(6-4-19)33-26(38)16-31/h3-8,15,22H,2,9-14,16-18,31H2,1H3,(H,32,42)(H,33,38)/t22-/m0/s1. The molecule has 0 aliphatic carbocycles. The van der Waals surface area contributed by atoms with Crippen LogP contribution in [0.25, 0.3) is 0 Å². The number of benzene rings is 2. The number of cyclic esters (lactones) is 1. The molecule has 2 fully saturated rings. The monoisotopic (exact) mass is 598 g/mol. The molecule has 0 bridgehead atoms. The van der Waals surface area contributed by atoms with Gasteiger partial charge in [-0.05, 0) is 48.9 Å². The first-order valence-corrected chi connectivity index (χ1v) is 14.3. The van der Waals surface area contributed by atoms with Crippen LogP contribution in [0.2, 0.25) is 0 Å². The maximum atomic E-state index is 15.1. The molecule has 2 heterocycles. The molecule has 0 radical (unpaired) electrons. The van der Waals surface area contributed by atoms with E-state index in [4.69, 9.17) is 22.7 Å². The van der Waals surface area contributed by atoms with Crippen LogP contribution in [0.5, 0.6) is 0 Å². The average Bonchev–Trinajstić information content (AvgIpc) is 3.38. The highest BCUT2D eigenvalue weighted by Gasteiger charge is 2.33. The van der Waals surface area contributed by atoms with Crippen LogP contribution >= 0.6 is 12.2 Å². The number of nitrogens with one attached hydrogen (secondary N) is 2. The van der Waals surface area contributed by atoms with E-state index in [0.29, 0.717) is 73.3 Å². The van der Waals surface area contributed by atoms with Crippen LogP contribution in [-0.4, -0.2) is 85.5 Å². The lowest BCUT2D eigenvalue weighted by molar-refractivity contribution is -0.131. The van der Waals surface area contributed by atoms with Crippen molar-refractivity contribution < 1.29 is 28.3 Å². The van der Waals surface area contributed by atoms with Gasteiger partial charge in [-0.25, -0.2) is 9.18 Å². The van der Waals surface area contributed by atoms with E-state index in [-0.39, 0.29) is 43.1 Å². The van der Waals surface area contributed by atoms with Crippen molar-refractivity contribution in [3.8, 4) is 0 Å². The van der Waals surface area contributed by atoms with Crippen LogP contribution in [-0.2, 0) is 14.3 Å². The summed E-state index contributed by atoms with van der Waals surface area (Å²) in [5.41, 5.74) is 7.08. The lowest BCUT2D eigenvalue weighted by atomic mass is 10.1. The third-order valence-corrected chi connectivity index (χ3v) is 7.61. The average molecular weight is 599 g/mol. The molecule has 0 saturated carbocycles. The topological polar surface area (TPSA) is 137 Å². The molecule has 0 spiro atoms. The van der Waals surface area contributed by atoms with Gasteiger partial charge in [0.2, 0.25) is 11.8 Å². The molecule has 4 N–H and O–H groups in total. The van der Waals surface area contributed by atoms with E-state index in [1.54, 1.807) is 41.3 Å². The smallest absolute Gasteiger partial charge is 0.414 e. The minimum Gasteiger partial charge on any atom is -0.442 e. The summed E-state index contributed by atoms with van der Waals surface area (Å²) in [7, 11) is 0. The lowest BCUT2D eigenvalue weighted by Crippen LogP contribution is -2.49. The quantitative estimate of drug-likeness (QED) is 0.263. The van der Waals surface area contributed by atoms with Gasteiger partial charge < -0.3 is 30.9 Å². The largest absolute Gasteiger partial charge is 0.442 e. The van der Waals surface area contributed by atoms with Crippen molar-refractivity contribution >= 4 is 58.0 Å². The summed E-state index contributed by atoms with van der Waals surface area (Å²) in [5.74, 6) is -1.10. The van der Waals surface area contributed by atoms with Crippen molar-refractivity contribution in [2.24, 2.45) is 5.73 Å². The fraction of sp³-hybridized carbons (Fsp3) is 0.414. The van der Waals surface area contributed by atoms with Crippen LogP contribution in [0.3, 0.4) is 0 Å². The summed E-state index contributed by atoms with van der Waals surface area (Å²) in [6, 6.07) is 11.1. The summed E-state index contributed by atoms with van der Waals surface area (Å²) in [5, 5.41) is 5.67. The van der Waals surface area contributed by atoms with Gasteiger partial charge in [-0.3, -0.25) is 19.3 Å². The van der Waals surface area contributed by atoms with Crippen LogP contribution in [0, 0.1) is 5.82 Å². The summed E-state index contributed by atoms with van der Waals surface area (Å²) >= 11 is 5.15. The molecule has 2 aliphatic rings. The number of ketones is 1. The number of piperazine rings is 1. The number of ether oxygens (including phenoxy) is 1. The number of hydrogen-bond acceptors (Lipinski definition) is 8. The second-order valence-corrected chi connectivity index (χ2v) is 10.5. The van der Waals surface area contributed by atoms with Gasteiger partial charge in [0, 0.05) is 50.3 Å². The SMILES string of the molecule is CCC(=S)NC[C@H]1CN(c2ccc(N3CCN(C(=O)CCC(=O)c4ccc(NC(=O)CN)cc4)CC3)c(F)c2)C(=O)O1. The van der Waals surface area contributed by atoms with Crippen molar-refractivity contribution in [1.82, 2.24) is 10.2 Å². The number of anilines is 3. The van der Waals surface area contributed by atoms with Crippen LogP contribution in [0.15, 0.2) is 42.5 Å². The predicted molar refractivity (Wildman–Crippen MR) is 161 cm³/mol. The van der Waals surface area contributed by atoms with E-state index in [1.807, 2.05) is 11.8 Å². The Morgan fingerprint density at radius 3 is 2.43 bits per heavy atom. The maximum Gasteiger partial charge on any atom is 0.414 e. The molecule has 2 aromatic rings. The summed E-state index contributed by atoms with van der Waals surface area (Å²) in [4.78, 5) is 54.7. The molecule has 0 unspecified atom stereocenters. The molecule has 3 amide bonds. The zero-order valence-corrected chi connectivity index (χ0v) is 24.3. The first-order valence-electron chi connectivity index (χ1n) is 13.9. The number of carbonyl (C=O) groups excluding carboxylic acids is 4. The summed E-state index contributed by atoms with van der Waals surface area (Å²) < 4.78 is 20.5. The van der Waals surface area contributed by atoms with E-state index in [2.05, 4.69) is 10.6 Å². The molecular formula is C29H35FN6O5S. The van der Waals surface area contributed by atoms with Crippen LogP contribution < -0.4 is 26.2 Å². The van der Waals surface area contributed by atoms with E-state index in [0.717, 1.165) is 0 Å². The Labute approximate surface area is 249 Å². The Hall–Kier alpha value is -4.10. The van der Waals surface area contributed by atoms with E-state index in [9.17, 15) is 19.2 Å². The van der Waals surface area contributed by atoms with Gasteiger partial charge in [0.1, 0.15) is 11.9 Å². The van der Waals surface area contributed by atoms with Gasteiger partial charge in [0.25, 0.3) is 0 Å². The van der Waals surface area contributed by atoms with E-state index >= 15 is 4.39 Å². The molecule has 11 nitrogen and oxygen atoms in total. The highest BCUT2D eigenvalue weighted by atomic mass is 32.1. The molecule has 42 heavy (non-hydrogen) atoms. The number of Topliss-reactive ketones (excluding diaryl/α,β-unsaturated/α-hetero) is 1. The van der Waals surface area contributed by atoms with Gasteiger partial charge in [-0.15, -0.1) is 0 Å². The zero-order valence-electron chi connectivity index (χ0n) is 23.4. The van der Waals surface area contributed by atoms with E-state index < -0.39 is 11.9 Å². The van der Waals surface area contributed by atoms with Crippen molar-refractivity contribution in [2.75, 3.05) is 60.9 Å². The molecule has 0 aromatic heterocycles. The minimum absolute atomic E-state index is 0.0603. The fourth-order valence-electron chi connectivity index (χ4n) is 4.78. The number of carbonyl (C=O) groups is 4. The summed E-state index contributed by atoms with van der Waals surface area (Å²) in [6.07, 6.45) is -0.0914. The van der Waals surface area contributed by atoms with E-state index in [1.165, 1.54) is 11.0 Å². The molecule has 2 saturated heterocycles. The van der Waals surface area contributed by atoms with Gasteiger partial charge in [0.05, 0.1) is 36.0 Å². The number of hydrogen-bond donors (Lipinski definition) is 3. The molecule has 4 rings (SSSR count). The third-order valence-electron chi connectivity index (χ3n) is 7.18. The number of halogens is 1. The first-order chi connectivity index (χ1) is 20.2. The Morgan fingerprint density at radius 1 is 1.07 bits per heavy atom. The highest BCUT2D eigenvalue weighted by Crippen LogP contribution is 2.28. The number of thiocarbonyl (C=S) groups is 1. The minimum atomic E-state index is -0.532. The van der Waals surface area contributed by atoms with Crippen molar-refractivity contribution in [2.45, 2.75) is 32.3 Å². The summed E-state index contributed by atoms with van der Waals surface area (Å²) in [6.45, 7) is 4.15. The number of nitrogens with zero attached hydrogens (tertiary/aromatic N) is 3. The van der Waals surface area contributed by atoms with Crippen molar-refractivity contribution in [3.63, 3.8) is 0 Å². The Kier molecular flexibility index (Phi) is 10.4. The van der Waals surface area contributed by atoms with Crippen LogP contribution in [0.4, 0.5) is 26.2 Å². The lowest BCUT2D eigenvalue weighted by Gasteiger charge is -2.36. The van der Waals surface area contributed by atoms with Crippen molar-refractivity contribution in [3.05, 3.63) is 53.8 Å². The molecular weight excluding hydrogens is 563 g/mol. The number of rotatable bonds is 11. The number of amides is 3. The maximum absolute atomic E-state index is 15.1. The van der Waals surface area contributed by atoms with Crippen molar-refractivity contribution in [1.29, 1.82) is 0 Å². The molecule has 2 aliphatic heterocycles. The fourth-order valence-corrected chi connectivity index (χ4v) is 4.87. The highest BCUT2D eigenvalue weighted by molar-refractivity contribution is 7.80. The van der Waals surface area contributed by atoms with Gasteiger partial charge in [-0.2, -0.15) is 0 Å².